The number of benzene rings is 2. The zero-order valence-corrected chi connectivity index (χ0v) is 15.3. The molecule has 0 spiro atoms. The van der Waals surface area contributed by atoms with Gasteiger partial charge in [-0.1, -0.05) is 17.7 Å². The Balaban J connectivity index is 2.22. The average Bonchev–Trinajstić information content (AvgIpc) is 2.61. The third kappa shape index (κ3) is 5.59. The van der Waals surface area contributed by atoms with E-state index in [1.807, 2.05) is 42.1 Å². The summed E-state index contributed by atoms with van der Waals surface area (Å²) in [5.41, 5.74) is 3.29. The van der Waals surface area contributed by atoms with E-state index in [-0.39, 0.29) is 5.96 Å². The molecule has 0 aromatic heterocycles. The van der Waals surface area contributed by atoms with E-state index in [4.69, 9.17) is 11.6 Å². The van der Waals surface area contributed by atoms with Crippen molar-refractivity contribution in [1.29, 1.82) is 0 Å². The van der Waals surface area contributed by atoms with Crippen LogP contribution in [0, 0.1) is 0 Å². The van der Waals surface area contributed by atoms with Crippen LogP contribution >= 0.6 is 35.1 Å². The molecule has 0 saturated heterocycles. The number of nitrogens with zero attached hydrogens (tertiary/aromatic N) is 1. The molecule has 0 bridgehead atoms. The van der Waals surface area contributed by atoms with Gasteiger partial charge in [0.2, 0.25) is 5.96 Å². The van der Waals surface area contributed by atoms with Gasteiger partial charge in [-0.05, 0) is 42.7 Å². The summed E-state index contributed by atoms with van der Waals surface area (Å²) in [5, 5.41) is 12.8. The van der Waals surface area contributed by atoms with Gasteiger partial charge in [0.1, 0.15) is 0 Å². The topological polar surface area (TPSA) is 56.7 Å². The van der Waals surface area contributed by atoms with Crippen LogP contribution in [0.2, 0.25) is 5.02 Å². The molecular formula is C16H17ClFN3OS2. The highest BCUT2D eigenvalue weighted by atomic mass is 35.5. The minimum Gasteiger partial charge on any atom is -0.324 e. The molecule has 24 heavy (non-hydrogen) atoms. The van der Waals surface area contributed by atoms with Gasteiger partial charge in [0.15, 0.2) is 0 Å². The Morgan fingerprint density at radius 3 is 2.79 bits per heavy atom. The zero-order chi connectivity index (χ0) is 17.4. The largest absolute Gasteiger partial charge is 0.324 e. The molecule has 8 heteroatoms. The Morgan fingerprint density at radius 1 is 1.25 bits per heavy atom. The molecule has 3 N–H and O–H groups in total. The number of nitrogens with one attached hydrogen (secondary N) is 2. The van der Waals surface area contributed by atoms with Crippen LogP contribution in [0.4, 0.5) is 15.8 Å². The number of hydrogen-bond acceptors (Lipinski definition) is 4. The summed E-state index contributed by atoms with van der Waals surface area (Å²) >= 11 is 9.15. The van der Waals surface area contributed by atoms with E-state index in [0.717, 1.165) is 15.5 Å². The lowest BCUT2D eigenvalue weighted by Crippen LogP contribution is -2.27. The number of rotatable bonds is 6. The molecule has 0 atom stereocenters. The van der Waals surface area contributed by atoms with Gasteiger partial charge in [0, 0.05) is 21.2 Å². The summed E-state index contributed by atoms with van der Waals surface area (Å²) in [4.78, 5) is 6.24. The van der Waals surface area contributed by atoms with Crippen molar-refractivity contribution in [1.82, 2.24) is 5.48 Å². The van der Waals surface area contributed by atoms with E-state index in [2.05, 4.69) is 10.3 Å². The lowest BCUT2D eigenvalue weighted by atomic mass is 10.3. The second-order valence-electron chi connectivity index (χ2n) is 4.58. The Kier molecular flexibility index (Phi) is 7.71. The van der Waals surface area contributed by atoms with E-state index >= 15 is 0 Å². The molecule has 0 amide bonds. The standard InChI is InChI=1S/C16H17ClFN3OS2/c1-23-12-4-2-3-11(9-12)19-16(21-22)20-15-10-13(24-8-7-18)5-6-14(15)17/h2-6,9-10,22H,7-8H2,1H3,(H2,19,20,21). The highest BCUT2D eigenvalue weighted by Crippen LogP contribution is 2.30. The Labute approximate surface area is 153 Å². The van der Waals surface area contributed by atoms with Crippen LogP contribution in [0.3, 0.4) is 0 Å². The normalized spacial score (nSPS) is 11.4. The average molecular weight is 386 g/mol. The first-order valence-corrected chi connectivity index (χ1v) is 9.63. The molecule has 128 valence electrons. The van der Waals surface area contributed by atoms with Crippen molar-refractivity contribution < 1.29 is 9.60 Å². The molecule has 0 aliphatic rings. The summed E-state index contributed by atoms with van der Waals surface area (Å²) in [6.45, 7) is -0.400. The Hall–Kier alpha value is -1.41. The maximum Gasteiger partial charge on any atom is 0.225 e. The third-order valence-electron chi connectivity index (χ3n) is 2.93. The lowest BCUT2D eigenvalue weighted by Gasteiger charge is -2.10. The van der Waals surface area contributed by atoms with Gasteiger partial charge >= 0.3 is 0 Å². The predicted octanol–water partition coefficient (Wildman–Crippen LogP) is 5.20. The molecule has 2 aromatic carbocycles. The van der Waals surface area contributed by atoms with Gasteiger partial charge in [-0.15, -0.1) is 23.5 Å². The first kappa shape index (κ1) is 18.9. The monoisotopic (exact) mass is 385 g/mol. The number of halogens is 2. The van der Waals surface area contributed by atoms with Crippen LogP contribution in [0.15, 0.2) is 57.2 Å². The predicted molar refractivity (Wildman–Crippen MR) is 102 cm³/mol. The minimum atomic E-state index is -0.400. The first-order chi connectivity index (χ1) is 11.7. The highest BCUT2D eigenvalue weighted by Gasteiger charge is 2.05. The second-order valence-corrected chi connectivity index (χ2v) is 7.04. The summed E-state index contributed by atoms with van der Waals surface area (Å²) in [5.74, 6) is 0.512. The summed E-state index contributed by atoms with van der Waals surface area (Å²) in [6.07, 6.45) is 1.98. The van der Waals surface area contributed by atoms with Crippen molar-refractivity contribution in [3.05, 3.63) is 47.5 Å². The summed E-state index contributed by atoms with van der Waals surface area (Å²) in [6, 6.07) is 13.0. The molecule has 0 radical (unpaired) electrons. The number of alkyl halides is 1. The van der Waals surface area contributed by atoms with E-state index in [1.54, 1.807) is 23.9 Å². The maximum atomic E-state index is 12.3. The second kappa shape index (κ2) is 9.78. The lowest BCUT2D eigenvalue weighted by molar-refractivity contribution is 0.234. The van der Waals surface area contributed by atoms with Gasteiger partial charge < -0.3 is 5.32 Å². The van der Waals surface area contributed by atoms with Gasteiger partial charge in [-0.3, -0.25) is 9.60 Å². The number of hydrogen-bond donors (Lipinski definition) is 3. The molecule has 0 saturated carbocycles. The minimum absolute atomic E-state index is 0.141. The van der Waals surface area contributed by atoms with E-state index in [9.17, 15) is 9.60 Å². The molecule has 0 heterocycles. The fourth-order valence-electron chi connectivity index (χ4n) is 1.86. The van der Waals surface area contributed by atoms with Crippen molar-refractivity contribution in [3.63, 3.8) is 0 Å². The SMILES string of the molecule is CSc1cccc(NC(=Nc2cc(SCCF)ccc2Cl)NO)c1. The molecule has 0 unspecified atom stereocenters. The van der Waals surface area contributed by atoms with Crippen molar-refractivity contribution in [2.75, 3.05) is 24.0 Å². The smallest absolute Gasteiger partial charge is 0.225 e. The number of anilines is 1. The zero-order valence-electron chi connectivity index (χ0n) is 12.9. The summed E-state index contributed by atoms with van der Waals surface area (Å²) in [7, 11) is 0. The van der Waals surface area contributed by atoms with E-state index in [1.165, 1.54) is 11.8 Å². The van der Waals surface area contributed by atoms with Crippen molar-refractivity contribution >= 4 is 52.5 Å². The molecule has 4 nitrogen and oxygen atoms in total. The fraction of sp³-hybridized carbons (Fsp3) is 0.188. The maximum absolute atomic E-state index is 12.3. The van der Waals surface area contributed by atoms with Crippen molar-refractivity contribution in [2.24, 2.45) is 4.99 Å². The molecule has 2 rings (SSSR count). The van der Waals surface area contributed by atoms with Gasteiger partial charge in [-0.25, -0.2) is 10.5 Å². The summed E-state index contributed by atoms with van der Waals surface area (Å²) < 4.78 is 12.3. The molecule has 0 aliphatic heterocycles. The quantitative estimate of drug-likeness (QED) is 0.276. The van der Waals surface area contributed by atoms with Gasteiger partial charge in [-0.2, -0.15) is 0 Å². The van der Waals surface area contributed by atoms with Gasteiger partial charge in [0.05, 0.1) is 17.4 Å². The van der Waals surface area contributed by atoms with Crippen LogP contribution in [0.1, 0.15) is 0 Å². The number of aliphatic imine (C=N–C) groups is 1. The third-order valence-corrected chi connectivity index (χ3v) is 4.92. The van der Waals surface area contributed by atoms with Crippen LogP contribution in [0.5, 0.6) is 0 Å². The molecule has 0 fully saturated rings. The Morgan fingerprint density at radius 2 is 2.08 bits per heavy atom. The molecule has 0 aliphatic carbocycles. The van der Waals surface area contributed by atoms with Crippen LogP contribution < -0.4 is 10.8 Å². The fourth-order valence-corrected chi connectivity index (χ4v) is 3.15. The number of guanidine groups is 1. The molecule has 2 aromatic rings. The van der Waals surface area contributed by atoms with Gasteiger partial charge in [0.25, 0.3) is 0 Å². The highest BCUT2D eigenvalue weighted by molar-refractivity contribution is 7.99. The first-order valence-electron chi connectivity index (χ1n) is 7.04. The van der Waals surface area contributed by atoms with Crippen molar-refractivity contribution in [2.45, 2.75) is 9.79 Å². The molecular weight excluding hydrogens is 369 g/mol. The van der Waals surface area contributed by atoms with E-state index in [0.29, 0.717) is 16.5 Å². The van der Waals surface area contributed by atoms with E-state index < -0.39 is 6.67 Å². The van der Waals surface area contributed by atoms with Crippen LogP contribution in [-0.2, 0) is 0 Å². The Bertz CT molecular complexity index is 715. The van der Waals surface area contributed by atoms with Crippen LogP contribution in [-0.4, -0.2) is 29.9 Å². The van der Waals surface area contributed by atoms with Crippen LogP contribution in [0.25, 0.3) is 0 Å². The number of hydroxylamine groups is 1. The number of thioether (sulfide) groups is 2. The van der Waals surface area contributed by atoms with Crippen molar-refractivity contribution in [3.8, 4) is 0 Å².